The topological polar surface area (TPSA) is 86.8 Å². The molecule has 1 fully saturated rings. The van der Waals surface area contributed by atoms with Crippen LogP contribution in [0.3, 0.4) is 0 Å². The van der Waals surface area contributed by atoms with Crippen LogP contribution in [0.1, 0.15) is 38.7 Å². The summed E-state index contributed by atoms with van der Waals surface area (Å²) in [7, 11) is -3.55. The van der Waals surface area contributed by atoms with Crippen molar-refractivity contribution >= 4 is 27.5 Å². The fourth-order valence-electron chi connectivity index (χ4n) is 3.94. The number of anilines is 1. The molecule has 1 saturated heterocycles. The van der Waals surface area contributed by atoms with Gasteiger partial charge < -0.3 is 10.2 Å². The largest absolute Gasteiger partial charge is 0.355 e. The van der Waals surface area contributed by atoms with Crippen LogP contribution in [0, 0.1) is 5.92 Å². The Morgan fingerprint density at radius 3 is 2.31 bits per heavy atom. The van der Waals surface area contributed by atoms with E-state index in [0.717, 1.165) is 5.56 Å². The second kappa shape index (κ2) is 10.3. The maximum absolute atomic E-state index is 12.7. The summed E-state index contributed by atoms with van der Waals surface area (Å²) in [5, 5.41) is 2.97. The van der Waals surface area contributed by atoms with Gasteiger partial charge in [0.1, 0.15) is 0 Å². The number of hydrogen-bond acceptors (Lipinski definition) is 4. The van der Waals surface area contributed by atoms with Crippen LogP contribution >= 0.6 is 0 Å². The fraction of sp³-hybridized carbons (Fsp3) is 0.417. The molecule has 1 aliphatic rings. The average molecular weight is 458 g/mol. The summed E-state index contributed by atoms with van der Waals surface area (Å²) < 4.78 is 26.7. The third-order valence-corrected chi connectivity index (χ3v) is 8.00. The van der Waals surface area contributed by atoms with Gasteiger partial charge in [0.05, 0.1) is 10.8 Å². The van der Waals surface area contributed by atoms with Crippen LogP contribution in [0.4, 0.5) is 5.69 Å². The number of carbonyl (C=O) groups is 2. The van der Waals surface area contributed by atoms with Gasteiger partial charge in [-0.25, -0.2) is 8.42 Å². The predicted octanol–water partition coefficient (Wildman–Crippen LogP) is 2.99. The number of carbonyl (C=O) groups excluding carboxylic acids is 2. The smallest absolute Gasteiger partial charge is 0.243 e. The minimum atomic E-state index is -3.55. The van der Waals surface area contributed by atoms with E-state index in [-0.39, 0.29) is 35.6 Å². The summed E-state index contributed by atoms with van der Waals surface area (Å²) >= 11 is 0. The lowest BCUT2D eigenvalue weighted by Gasteiger charge is -2.20. The molecule has 3 rings (SSSR count). The van der Waals surface area contributed by atoms with Crippen LogP contribution in [0.2, 0.25) is 0 Å². The van der Waals surface area contributed by atoms with Crippen LogP contribution in [-0.4, -0.2) is 50.7 Å². The van der Waals surface area contributed by atoms with Crippen LogP contribution in [0.15, 0.2) is 59.5 Å². The van der Waals surface area contributed by atoms with Gasteiger partial charge in [0.25, 0.3) is 0 Å². The van der Waals surface area contributed by atoms with Crippen LogP contribution in [-0.2, 0) is 19.6 Å². The number of amides is 2. The number of rotatable bonds is 9. The zero-order chi connectivity index (χ0) is 23.3. The number of nitrogens with zero attached hydrogens (tertiary/aromatic N) is 2. The van der Waals surface area contributed by atoms with Crippen LogP contribution in [0.25, 0.3) is 0 Å². The molecule has 2 unspecified atom stereocenters. The van der Waals surface area contributed by atoms with Gasteiger partial charge >= 0.3 is 0 Å². The summed E-state index contributed by atoms with van der Waals surface area (Å²) in [6, 6.07) is 16.3. The highest BCUT2D eigenvalue weighted by Gasteiger charge is 2.35. The Bertz CT molecular complexity index is 1030. The third-order valence-electron chi connectivity index (χ3n) is 5.94. The monoisotopic (exact) mass is 457 g/mol. The van der Waals surface area contributed by atoms with E-state index in [9.17, 15) is 18.0 Å². The van der Waals surface area contributed by atoms with E-state index in [4.69, 9.17) is 0 Å². The van der Waals surface area contributed by atoms with Crippen LogP contribution < -0.4 is 10.2 Å². The molecule has 0 radical (unpaired) electrons. The Balaban J connectivity index is 1.62. The number of benzene rings is 2. The van der Waals surface area contributed by atoms with Crippen molar-refractivity contribution in [2.45, 2.75) is 38.0 Å². The first-order valence-electron chi connectivity index (χ1n) is 11.0. The van der Waals surface area contributed by atoms with E-state index in [2.05, 4.69) is 12.2 Å². The molecule has 1 N–H and O–H groups in total. The first kappa shape index (κ1) is 23.9. The van der Waals surface area contributed by atoms with E-state index in [1.807, 2.05) is 30.3 Å². The van der Waals surface area contributed by atoms with Gasteiger partial charge in [-0.15, -0.1) is 0 Å². The average Bonchev–Trinajstić information content (AvgIpc) is 3.20. The summed E-state index contributed by atoms with van der Waals surface area (Å²) in [6.07, 6.45) is 0.144. The SMILES string of the molecule is CCN(CC)S(=O)(=O)c1ccc(N2CC(C(=O)NCC(C)c3ccccc3)CC2=O)cc1. The molecule has 2 aromatic rings. The van der Waals surface area contributed by atoms with Crippen molar-refractivity contribution in [3.63, 3.8) is 0 Å². The van der Waals surface area contributed by atoms with E-state index in [1.54, 1.807) is 30.9 Å². The first-order valence-corrected chi connectivity index (χ1v) is 12.4. The third kappa shape index (κ3) is 5.19. The van der Waals surface area contributed by atoms with Crippen molar-refractivity contribution in [3.05, 3.63) is 60.2 Å². The fourth-order valence-corrected chi connectivity index (χ4v) is 5.40. The zero-order valence-electron chi connectivity index (χ0n) is 18.8. The minimum absolute atomic E-state index is 0.135. The predicted molar refractivity (Wildman–Crippen MR) is 125 cm³/mol. The highest BCUT2D eigenvalue weighted by Crippen LogP contribution is 2.27. The van der Waals surface area contributed by atoms with Crippen molar-refractivity contribution in [1.29, 1.82) is 0 Å². The molecule has 0 saturated carbocycles. The molecule has 1 aliphatic heterocycles. The maximum Gasteiger partial charge on any atom is 0.243 e. The quantitative estimate of drug-likeness (QED) is 0.627. The molecule has 7 nitrogen and oxygen atoms in total. The molecule has 8 heteroatoms. The molecule has 2 atom stereocenters. The van der Waals surface area contributed by atoms with Gasteiger partial charge in [-0.3, -0.25) is 9.59 Å². The van der Waals surface area contributed by atoms with Crippen molar-refractivity contribution in [2.75, 3.05) is 31.1 Å². The maximum atomic E-state index is 12.7. The highest BCUT2D eigenvalue weighted by atomic mass is 32.2. The summed E-state index contributed by atoms with van der Waals surface area (Å²) in [5.74, 6) is -0.525. The van der Waals surface area contributed by atoms with E-state index >= 15 is 0 Å². The Kier molecular flexibility index (Phi) is 7.69. The van der Waals surface area contributed by atoms with Gasteiger partial charge in [0.2, 0.25) is 21.8 Å². The van der Waals surface area contributed by atoms with Crippen molar-refractivity contribution in [1.82, 2.24) is 9.62 Å². The Morgan fingerprint density at radius 1 is 1.09 bits per heavy atom. The molecule has 0 aromatic heterocycles. The lowest BCUT2D eigenvalue weighted by Crippen LogP contribution is -2.35. The lowest BCUT2D eigenvalue weighted by atomic mass is 10.0. The van der Waals surface area contributed by atoms with E-state index in [0.29, 0.717) is 25.3 Å². The molecule has 2 amide bonds. The molecular weight excluding hydrogens is 426 g/mol. The first-order chi connectivity index (χ1) is 15.3. The van der Waals surface area contributed by atoms with Crippen molar-refractivity contribution in [3.8, 4) is 0 Å². The van der Waals surface area contributed by atoms with E-state index < -0.39 is 15.9 Å². The molecule has 172 valence electrons. The number of nitrogens with one attached hydrogen (secondary N) is 1. The minimum Gasteiger partial charge on any atom is -0.355 e. The molecular formula is C24H31N3O4S. The lowest BCUT2D eigenvalue weighted by molar-refractivity contribution is -0.126. The van der Waals surface area contributed by atoms with Gasteiger partial charge in [-0.1, -0.05) is 51.1 Å². The summed E-state index contributed by atoms with van der Waals surface area (Å²) in [6.45, 7) is 7.22. The zero-order valence-corrected chi connectivity index (χ0v) is 19.6. The summed E-state index contributed by atoms with van der Waals surface area (Å²) in [4.78, 5) is 27.0. The molecule has 1 heterocycles. The number of sulfonamides is 1. The number of hydrogen-bond donors (Lipinski definition) is 1. The normalized spacial score (nSPS) is 17.6. The standard InChI is InChI=1S/C24H31N3O4S/c1-4-26(5-2)32(30,31)22-13-11-21(12-14-22)27-17-20(15-23(27)28)24(29)25-16-18(3)19-9-7-6-8-10-19/h6-14,18,20H,4-5,15-17H2,1-3H3,(H,25,29). The van der Waals surface area contributed by atoms with Gasteiger partial charge in [-0.05, 0) is 35.7 Å². The second-order valence-corrected chi connectivity index (χ2v) is 9.98. The second-order valence-electron chi connectivity index (χ2n) is 8.05. The molecule has 0 aliphatic carbocycles. The Labute approximate surface area is 190 Å². The van der Waals surface area contributed by atoms with Gasteiger partial charge in [0, 0.05) is 38.3 Å². The summed E-state index contributed by atoms with van der Waals surface area (Å²) in [5.41, 5.74) is 1.75. The van der Waals surface area contributed by atoms with E-state index in [1.165, 1.54) is 16.4 Å². The van der Waals surface area contributed by atoms with Crippen molar-refractivity contribution in [2.24, 2.45) is 5.92 Å². The van der Waals surface area contributed by atoms with Crippen LogP contribution in [0.5, 0.6) is 0 Å². The highest BCUT2D eigenvalue weighted by molar-refractivity contribution is 7.89. The molecule has 32 heavy (non-hydrogen) atoms. The van der Waals surface area contributed by atoms with Crippen molar-refractivity contribution < 1.29 is 18.0 Å². The Morgan fingerprint density at radius 2 is 1.72 bits per heavy atom. The Hall–Kier alpha value is -2.71. The van der Waals surface area contributed by atoms with Gasteiger partial charge in [-0.2, -0.15) is 4.31 Å². The molecule has 2 aromatic carbocycles. The molecule has 0 bridgehead atoms. The van der Waals surface area contributed by atoms with Gasteiger partial charge in [0.15, 0.2) is 0 Å². The molecule has 0 spiro atoms.